The van der Waals surface area contributed by atoms with E-state index in [-0.39, 0.29) is 23.4 Å². The molecule has 0 N–H and O–H groups in total. The van der Waals surface area contributed by atoms with Gasteiger partial charge in [-0.2, -0.15) is 0 Å². The zero-order chi connectivity index (χ0) is 20.3. The van der Waals surface area contributed by atoms with Crippen LogP contribution in [0.25, 0.3) is 5.57 Å². The molecule has 1 aliphatic heterocycles. The van der Waals surface area contributed by atoms with Crippen molar-refractivity contribution in [2.24, 2.45) is 4.99 Å². The van der Waals surface area contributed by atoms with E-state index in [1.165, 1.54) is 36.4 Å². The molecule has 28 heavy (non-hydrogen) atoms. The van der Waals surface area contributed by atoms with Gasteiger partial charge in [0.1, 0.15) is 0 Å². The minimum Gasteiger partial charge on any atom is -0.462 e. The Hall–Kier alpha value is -3.81. The fourth-order valence-electron chi connectivity index (χ4n) is 2.86. The van der Waals surface area contributed by atoms with Gasteiger partial charge in [-0.1, -0.05) is 18.2 Å². The molecule has 8 nitrogen and oxygen atoms in total. The highest BCUT2D eigenvalue weighted by atomic mass is 16.6. The zero-order valence-electron chi connectivity index (χ0n) is 15.3. The van der Waals surface area contributed by atoms with E-state index in [1.807, 2.05) is 6.07 Å². The maximum Gasteiger partial charge on any atom is 0.340 e. The topological polar surface area (TPSA) is 102 Å². The zero-order valence-corrected chi connectivity index (χ0v) is 15.3. The second-order valence-corrected chi connectivity index (χ2v) is 5.93. The minimum atomic E-state index is -0.724. The fourth-order valence-corrected chi connectivity index (χ4v) is 2.86. The number of nitro benzene ring substituents is 1. The van der Waals surface area contributed by atoms with Crippen molar-refractivity contribution < 1.29 is 19.2 Å². The number of benzene rings is 2. The second-order valence-electron chi connectivity index (χ2n) is 5.93. The van der Waals surface area contributed by atoms with E-state index in [2.05, 4.69) is 4.99 Å². The number of carbonyl (C=O) groups excluding carboxylic acids is 2. The number of nitro groups is 1. The highest BCUT2D eigenvalue weighted by Crippen LogP contribution is 2.39. The van der Waals surface area contributed by atoms with Crippen LogP contribution in [0.1, 0.15) is 12.5 Å². The molecular formula is C20H17N3O5. The van der Waals surface area contributed by atoms with Crippen molar-refractivity contribution in [1.82, 2.24) is 0 Å². The lowest BCUT2D eigenvalue weighted by Crippen LogP contribution is -2.22. The molecule has 0 unspecified atom stereocenters. The normalized spacial score (nSPS) is 14.9. The van der Waals surface area contributed by atoms with Crippen LogP contribution in [0.3, 0.4) is 0 Å². The van der Waals surface area contributed by atoms with Gasteiger partial charge in [-0.25, -0.2) is 4.79 Å². The molecule has 1 heterocycles. The molecule has 2 aromatic carbocycles. The lowest BCUT2D eigenvalue weighted by atomic mass is 10.0. The van der Waals surface area contributed by atoms with Gasteiger partial charge in [0.05, 0.1) is 34.1 Å². The number of esters is 1. The number of ether oxygens (including phenoxy) is 1. The number of amides is 1. The number of carbonyl (C=O) groups is 2. The molecule has 1 amide bonds. The lowest BCUT2D eigenvalue weighted by Gasteiger charge is -2.08. The van der Waals surface area contributed by atoms with Crippen LogP contribution in [0.15, 0.2) is 59.1 Å². The van der Waals surface area contributed by atoms with Crippen molar-refractivity contribution >= 4 is 40.7 Å². The smallest absolute Gasteiger partial charge is 0.340 e. The summed E-state index contributed by atoms with van der Waals surface area (Å²) in [5, 5.41) is 11.2. The van der Waals surface area contributed by atoms with Gasteiger partial charge in [-0.15, -0.1) is 0 Å². The van der Waals surface area contributed by atoms with E-state index in [1.54, 1.807) is 31.2 Å². The Morgan fingerprint density at radius 2 is 1.96 bits per heavy atom. The Labute approximate surface area is 160 Å². The summed E-state index contributed by atoms with van der Waals surface area (Å²) in [6, 6.07) is 13.0. The largest absolute Gasteiger partial charge is 0.462 e. The molecule has 0 saturated carbocycles. The van der Waals surface area contributed by atoms with E-state index in [9.17, 15) is 19.7 Å². The lowest BCUT2D eigenvalue weighted by molar-refractivity contribution is -0.384. The first-order valence-electron chi connectivity index (χ1n) is 8.51. The summed E-state index contributed by atoms with van der Waals surface area (Å²) >= 11 is 0. The van der Waals surface area contributed by atoms with Crippen LogP contribution >= 0.6 is 0 Å². The number of nitrogens with zero attached hydrogens (tertiary/aromatic N) is 3. The Morgan fingerprint density at radius 1 is 1.25 bits per heavy atom. The van der Waals surface area contributed by atoms with Gasteiger partial charge >= 0.3 is 5.97 Å². The summed E-state index contributed by atoms with van der Waals surface area (Å²) in [5.74, 6) is -1.18. The number of fused-ring (bicyclic) bond motifs is 1. The average Bonchev–Trinajstić information content (AvgIpc) is 2.94. The van der Waals surface area contributed by atoms with Crippen LogP contribution in [0.5, 0.6) is 0 Å². The maximum absolute atomic E-state index is 12.8. The van der Waals surface area contributed by atoms with E-state index in [0.29, 0.717) is 16.9 Å². The van der Waals surface area contributed by atoms with Gasteiger partial charge < -0.3 is 9.64 Å². The number of hydrogen-bond donors (Lipinski definition) is 0. The monoisotopic (exact) mass is 379 g/mol. The van der Waals surface area contributed by atoms with Gasteiger partial charge in [0, 0.05) is 31.0 Å². The quantitative estimate of drug-likeness (QED) is 0.261. The number of rotatable bonds is 5. The predicted octanol–water partition coefficient (Wildman–Crippen LogP) is 3.29. The van der Waals surface area contributed by atoms with Crippen molar-refractivity contribution in [1.29, 1.82) is 0 Å². The first-order chi connectivity index (χ1) is 13.4. The minimum absolute atomic E-state index is 0.0272. The van der Waals surface area contributed by atoms with Crippen LogP contribution in [0.4, 0.5) is 17.1 Å². The Kier molecular flexibility index (Phi) is 5.30. The average molecular weight is 379 g/mol. The van der Waals surface area contributed by atoms with E-state index >= 15 is 0 Å². The van der Waals surface area contributed by atoms with Crippen LogP contribution in [-0.4, -0.2) is 36.7 Å². The molecule has 0 aromatic heterocycles. The van der Waals surface area contributed by atoms with Crippen LogP contribution < -0.4 is 4.90 Å². The van der Waals surface area contributed by atoms with Crippen molar-refractivity contribution in [3.63, 3.8) is 0 Å². The van der Waals surface area contributed by atoms with E-state index in [0.717, 1.165) is 0 Å². The Balaban J connectivity index is 2.20. The van der Waals surface area contributed by atoms with Gasteiger partial charge in [-0.3, -0.25) is 19.9 Å². The maximum atomic E-state index is 12.8. The van der Waals surface area contributed by atoms with E-state index in [4.69, 9.17) is 4.74 Å². The molecule has 0 aliphatic carbocycles. The Morgan fingerprint density at radius 3 is 2.61 bits per heavy atom. The number of para-hydroxylation sites is 1. The molecule has 2 aromatic rings. The molecule has 3 rings (SSSR count). The van der Waals surface area contributed by atoms with E-state index < -0.39 is 16.8 Å². The van der Waals surface area contributed by atoms with Crippen molar-refractivity contribution in [3.05, 3.63) is 69.8 Å². The molecular weight excluding hydrogens is 362 g/mol. The molecule has 0 spiro atoms. The second kappa shape index (κ2) is 7.83. The number of likely N-dealkylation sites (N-methyl/N-ethyl adjacent to an activating group) is 1. The number of aliphatic imine (C=N–C) groups is 1. The van der Waals surface area contributed by atoms with Crippen molar-refractivity contribution in [2.75, 3.05) is 18.6 Å². The van der Waals surface area contributed by atoms with Crippen LogP contribution in [0, 0.1) is 10.1 Å². The molecule has 0 bridgehead atoms. The first kappa shape index (κ1) is 19.0. The number of hydrogen-bond acceptors (Lipinski definition) is 6. The third-order valence-electron chi connectivity index (χ3n) is 4.20. The van der Waals surface area contributed by atoms with Gasteiger partial charge in [0.15, 0.2) is 0 Å². The number of anilines is 1. The Bertz CT molecular complexity index is 1010. The van der Waals surface area contributed by atoms with Crippen LogP contribution in [-0.2, 0) is 14.3 Å². The molecule has 8 heteroatoms. The summed E-state index contributed by atoms with van der Waals surface area (Å²) in [6.45, 7) is 1.76. The highest BCUT2D eigenvalue weighted by Gasteiger charge is 2.35. The van der Waals surface area contributed by atoms with Gasteiger partial charge in [-0.05, 0) is 25.1 Å². The summed E-state index contributed by atoms with van der Waals surface area (Å²) in [7, 11) is 1.54. The molecule has 0 fully saturated rings. The predicted molar refractivity (Wildman–Crippen MR) is 105 cm³/mol. The van der Waals surface area contributed by atoms with Crippen LogP contribution in [0.2, 0.25) is 0 Å². The molecule has 0 radical (unpaired) electrons. The molecule has 142 valence electrons. The van der Waals surface area contributed by atoms with Gasteiger partial charge in [0.25, 0.3) is 11.6 Å². The summed E-state index contributed by atoms with van der Waals surface area (Å²) in [5.41, 5.74) is 1.15. The van der Waals surface area contributed by atoms with Crippen molar-refractivity contribution in [3.8, 4) is 0 Å². The summed E-state index contributed by atoms with van der Waals surface area (Å²) in [4.78, 5) is 41.6. The summed E-state index contributed by atoms with van der Waals surface area (Å²) < 4.78 is 5.09. The van der Waals surface area contributed by atoms with Crippen molar-refractivity contribution in [2.45, 2.75) is 6.92 Å². The standard InChI is InChI=1S/C20H17N3O5/c1-3-28-20(25)16(12-21-13-7-5-4-6-8-13)18-15-11-14(23(26)27)9-10-17(15)22(2)19(18)24/h4-12H,3H2,1-2H3/b18-16+,21-12?. The first-order valence-corrected chi connectivity index (χ1v) is 8.51. The third-order valence-corrected chi connectivity index (χ3v) is 4.20. The SMILES string of the molecule is CCOC(=O)/C(C=Nc1ccccc1)=C1/C(=O)N(C)c2ccc([N+](=O)[O-])cc21. The molecule has 0 saturated heterocycles. The molecule has 0 atom stereocenters. The number of non-ortho nitro benzene ring substituents is 1. The summed E-state index contributed by atoms with van der Waals surface area (Å²) in [6.07, 6.45) is 1.27. The third kappa shape index (κ3) is 3.52. The van der Waals surface area contributed by atoms with Gasteiger partial charge in [0.2, 0.25) is 0 Å². The highest BCUT2D eigenvalue weighted by molar-refractivity contribution is 6.39. The molecule has 1 aliphatic rings. The fraction of sp³-hybridized carbons (Fsp3) is 0.150.